The molecule has 0 saturated carbocycles. The van der Waals surface area contributed by atoms with Crippen LogP contribution in [-0.2, 0) is 11.3 Å². The topological polar surface area (TPSA) is 86.9 Å². The molecule has 0 aliphatic heterocycles. The van der Waals surface area contributed by atoms with Crippen LogP contribution in [0.2, 0.25) is 0 Å². The van der Waals surface area contributed by atoms with Gasteiger partial charge in [0.2, 0.25) is 5.91 Å². The van der Waals surface area contributed by atoms with Gasteiger partial charge in [-0.3, -0.25) is 9.20 Å². The first kappa shape index (κ1) is 18.2. The third-order valence-corrected chi connectivity index (χ3v) is 3.95. The van der Waals surface area contributed by atoms with Gasteiger partial charge in [-0.15, -0.1) is 5.10 Å². The molecule has 8 heteroatoms. The number of pyridine rings is 1. The van der Waals surface area contributed by atoms with E-state index < -0.39 is 0 Å². The molecule has 3 rings (SSSR count). The van der Waals surface area contributed by atoms with E-state index >= 15 is 0 Å². The maximum atomic E-state index is 12.1. The lowest BCUT2D eigenvalue weighted by Gasteiger charge is -2.07. The Hall–Kier alpha value is -3.55. The first-order valence-electron chi connectivity index (χ1n) is 8.34. The molecule has 1 aromatic carbocycles. The summed E-state index contributed by atoms with van der Waals surface area (Å²) in [7, 11) is 3.12. The SMILES string of the molecule is COc1ccc(/C=C/C(=O)NCCn2nc3ccccn3c2=O)cc1OC. The summed E-state index contributed by atoms with van der Waals surface area (Å²) in [5, 5.41) is 6.94. The zero-order chi connectivity index (χ0) is 19.2. The van der Waals surface area contributed by atoms with Gasteiger partial charge in [-0.1, -0.05) is 12.1 Å². The first-order chi connectivity index (χ1) is 13.1. The van der Waals surface area contributed by atoms with E-state index in [-0.39, 0.29) is 18.1 Å². The van der Waals surface area contributed by atoms with Crippen molar-refractivity contribution in [3.63, 3.8) is 0 Å². The maximum Gasteiger partial charge on any atom is 0.350 e. The predicted octanol–water partition coefficient (Wildman–Crippen LogP) is 1.34. The number of aromatic nitrogens is 3. The fourth-order valence-electron chi connectivity index (χ4n) is 2.59. The molecule has 1 N–H and O–H groups in total. The normalized spacial score (nSPS) is 11.0. The second-order valence-electron chi connectivity index (χ2n) is 5.67. The van der Waals surface area contributed by atoms with Crippen molar-refractivity contribution < 1.29 is 14.3 Å². The Morgan fingerprint density at radius 1 is 1.19 bits per heavy atom. The molecular formula is C19H20N4O4. The molecule has 2 aromatic heterocycles. The summed E-state index contributed by atoms with van der Waals surface area (Å²) in [4.78, 5) is 24.1. The van der Waals surface area contributed by atoms with Gasteiger partial charge in [-0.05, 0) is 35.9 Å². The van der Waals surface area contributed by atoms with E-state index in [0.717, 1.165) is 5.56 Å². The third-order valence-electron chi connectivity index (χ3n) is 3.95. The van der Waals surface area contributed by atoms with E-state index in [9.17, 15) is 9.59 Å². The van der Waals surface area contributed by atoms with Crippen LogP contribution in [0.1, 0.15) is 5.56 Å². The van der Waals surface area contributed by atoms with Crippen LogP contribution in [0, 0.1) is 0 Å². The van der Waals surface area contributed by atoms with Crippen LogP contribution in [-0.4, -0.2) is 40.9 Å². The standard InChI is InChI=1S/C19H20N4O4/c1-26-15-8-6-14(13-16(15)27-2)7-9-18(24)20-10-12-23-19(25)22-11-4-3-5-17(22)21-23/h3-9,11,13H,10,12H2,1-2H3,(H,20,24)/b9-7+. The minimum atomic E-state index is -0.262. The number of methoxy groups -OCH3 is 2. The van der Waals surface area contributed by atoms with E-state index in [1.807, 2.05) is 12.1 Å². The fourth-order valence-corrected chi connectivity index (χ4v) is 2.59. The van der Waals surface area contributed by atoms with Gasteiger partial charge in [0.25, 0.3) is 0 Å². The lowest BCUT2D eigenvalue weighted by Crippen LogP contribution is -2.30. The molecule has 8 nitrogen and oxygen atoms in total. The molecule has 0 aliphatic rings. The van der Waals surface area contributed by atoms with Gasteiger partial charge in [-0.2, -0.15) is 0 Å². The van der Waals surface area contributed by atoms with E-state index in [4.69, 9.17) is 9.47 Å². The molecule has 0 aliphatic carbocycles. The van der Waals surface area contributed by atoms with Crippen LogP contribution in [0.15, 0.2) is 53.5 Å². The summed E-state index contributed by atoms with van der Waals surface area (Å²) < 4.78 is 13.2. The van der Waals surface area contributed by atoms with Crippen LogP contribution in [0.5, 0.6) is 11.5 Å². The Bertz CT molecular complexity index is 1040. The molecule has 0 fully saturated rings. The lowest BCUT2D eigenvalue weighted by molar-refractivity contribution is -0.116. The van der Waals surface area contributed by atoms with Gasteiger partial charge in [0.1, 0.15) is 0 Å². The van der Waals surface area contributed by atoms with Crippen molar-refractivity contribution in [2.75, 3.05) is 20.8 Å². The van der Waals surface area contributed by atoms with Gasteiger partial charge >= 0.3 is 5.69 Å². The Kier molecular flexibility index (Phi) is 5.55. The number of carbonyl (C=O) groups is 1. The highest BCUT2D eigenvalue weighted by molar-refractivity contribution is 5.91. The predicted molar refractivity (Wildman–Crippen MR) is 101 cm³/mol. The number of hydrogen-bond acceptors (Lipinski definition) is 5. The van der Waals surface area contributed by atoms with Gasteiger partial charge in [0.15, 0.2) is 17.1 Å². The second kappa shape index (κ2) is 8.22. The highest BCUT2D eigenvalue weighted by Gasteiger charge is 2.06. The highest BCUT2D eigenvalue weighted by atomic mass is 16.5. The number of nitrogens with zero attached hydrogens (tertiary/aromatic N) is 3. The molecule has 3 aromatic rings. The van der Waals surface area contributed by atoms with Crippen molar-refractivity contribution in [3.8, 4) is 11.5 Å². The Morgan fingerprint density at radius 2 is 2.00 bits per heavy atom. The fraction of sp³-hybridized carbons (Fsp3) is 0.211. The van der Waals surface area contributed by atoms with Crippen molar-refractivity contribution in [3.05, 3.63) is 64.7 Å². The first-order valence-corrected chi connectivity index (χ1v) is 8.34. The highest BCUT2D eigenvalue weighted by Crippen LogP contribution is 2.27. The van der Waals surface area contributed by atoms with Crippen molar-refractivity contribution in [1.82, 2.24) is 19.5 Å². The minimum absolute atomic E-state index is 0.235. The number of ether oxygens (including phenoxy) is 2. The zero-order valence-electron chi connectivity index (χ0n) is 15.1. The van der Waals surface area contributed by atoms with Gasteiger partial charge < -0.3 is 14.8 Å². The Morgan fingerprint density at radius 3 is 2.74 bits per heavy atom. The molecule has 1 amide bonds. The van der Waals surface area contributed by atoms with E-state index in [1.165, 1.54) is 15.2 Å². The molecule has 140 valence electrons. The van der Waals surface area contributed by atoms with E-state index in [0.29, 0.717) is 23.7 Å². The van der Waals surface area contributed by atoms with Crippen molar-refractivity contribution in [1.29, 1.82) is 0 Å². The van der Waals surface area contributed by atoms with Crippen LogP contribution >= 0.6 is 0 Å². The van der Waals surface area contributed by atoms with Crippen LogP contribution in [0.3, 0.4) is 0 Å². The van der Waals surface area contributed by atoms with E-state index in [2.05, 4.69) is 10.4 Å². The number of amides is 1. The summed E-state index contributed by atoms with van der Waals surface area (Å²) >= 11 is 0. The van der Waals surface area contributed by atoms with Crippen LogP contribution in [0.25, 0.3) is 11.7 Å². The van der Waals surface area contributed by atoms with Gasteiger partial charge in [-0.25, -0.2) is 9.48 Å². The minimum Gasteiger partial charge on any atom is -0.493 e. The maximum absolute atomic E-state index is 12.1. The molecule has 27 heavy (non-hydrogen) atoms. The zero-order valence-corrected chi connectivity index (χ0v) is 15.1. The van der Waals surface area contributed by atoms with Crippen molar-refractivity contribution in [2.45, 2.75) is 6.54 Å². The van der Waals surface area contributed by atoms with Crippen LogP contribution < -0.4 is 20.5 Å². The smallest absolute Gasteiger partial charge is 0.350 e. The largest absolute Gasteiger partial charge is 0.493 e. The molecule has 0 bridgehead atoms. The summed E-state index contributed by atoms with van der Waals surface area (Å²) in [6, 6.07) is 10.7. The second-order valence-corrected chi connectivity index (χ2v) is 5.67. The number of benzene rings is 1. The number of hydrogen-bond donors (Lipinski definition) is 1. The Balaban J connectivity index is 1.57. The van der Waals surface area contributed by atoms with Gasteiger partial charge in [0, 0.05) is 18.8 Å². The molecular weight excluding hydrogens is 348 g/mol. The molecule has 0 unspecified atom stereocenters. The molecule has 0 saturated heterocycles. The monoisotopic (exact) mass is 368 g/mol. The third kappa shape index (κ3) is 4.17. The van der Waals surface area contributed by atoms with E-state index in [1.54, 1.807) is 50.8 Å². The summed E-state index contributed by atoms with van der Waals surface area (Å²) in [6.45, 7) is 0.579. The summed E-state index contributed by atoms with van der Waals surface area (Å²) in [6.07, 6.45) is 4.76. The quantitative estimate of drug-likeness (QED) is 0.636. The molecule has 0 radical (unpaired) electrons. The van der Waals surface area contributed by atoms with Crippen molar-refractivity contribution >= 4 is 17.6 Å². The number of rotatable bonds is 7. The number of fused-ring (bicyclic) bond motifs is 1. The molecule has 0 atom stereocenters. The molecule has 2 heterocycles. The lowest BCUT2D eigenvalue weighted by atomic mass is 10.2. The average Bonchev–Trinajstić information content (AvgIpc) is 3.02. The number of nitrogens with one attached hydrogen (secondary N) is 1. The molecule has 0 spiro atoms. The van der Waals surface area contributed by atoms with Gasteiger partial charge in [0.05, 0.1) is 20.8 Å². The average molecular weight is 368 g/mol. The van der Waals surface area contributed by atoms with Crippen molar-refractivity contribution in [2.24, 2.45) is 0 Å². The number of carbonyl (C=O) groups excluding carboxylic acids is 1. The van der Waals surface area contributed by atoms with Crippen LogP contribution in [0.4, 0.5) is 0 Å². The Labute approximate surface area is 155 Å². The summed E-state index contributed by atoms with van der Waals surface area (Å²) in [5.74, 6) is 0.949. The summed E-state index contributed by atoms with van der Waals surface area (Å²) in [5.41, 5.74) is 1.14.